The molecule has 92 valence electrons. The van der Waals surface area contributed by atoms with Crippen molar-refractivity contribution in [1.82, 2.24) is 0 Å². The van der Waals surface area contributed by atoms with Gasteiger partial charge < -0.3 is 5.73 Å². The molecular formula is C14H25NS. The molecule has 0 amide bonds. The van der Waals surface area contributed by atoms with E-state index in [0.29, 0.717) is 5.41 Å². The predicted molar refractivity (Wildman–Crippen MR) is 71.6 cm³/mol. The lowest BCUT2D eigenvalue weighted by atomic mass is 9.48. The monoisotopic (exact) mass is 239 g/mol. The van der Waals surface area contributed by atoms with E-state index in [4.69, 9.17) is 5.73 Å². The molecule has 16 heavy (non-hydrogen) atoms. The Balaban J connectivity index is 1.81. The molecule has 0 aromatic heterocycles. The van der Waals surface area contributed by atoms with E-state index in [-0.39, 0.29) is 0 Å². The molecular weight excluding hydrogens is 214 g/mol. The van der Waals surface area contributed by atoms with Gasteiger partial charge in [0.15, 0.2) is 0 Å². The molecule has 0 saturated heterocycles. The van der Waals surface area contributed by atoms with Crippen molar-refractivity contribution in [3.63, 3.8) is 0 Å². The maximum atomic E-state index is 5.81. The van der Waals surface area contributed by atoms with Crippen molar-refractivity contribution < 1.29 is 0 Å². The summed E-state index contributed by atoms with van der Waals surface area (Å²) >= 11 is 2.10. The molecule has 1 atom stereocenters. The molecule has 4 aliphatic rings. The summed E-state index contributed by atoms with van der Waals surface area (Å²) in [6.07, 6.45) is 12.8. The summed E-state index contributed by atoms with van der Waals surface area (Å²) in [6.45, 7) is 0.882. The maximum Gasteiger partial charge on any atom is 0.0113 e. The number of hydrogen-bond acceptors (Lipinski definition) is 2. The third-order valence-corrected chi connectivity index (χ3v) is 6.79. The summed E-state index contributed by atoms with van der Waals surface area (Å²) in [4.78, 5) is 0. The molecule has 0 radical (unpaired) electrons. The van der Waals surface area contributed by atoms with Crippen LogP contribution in [0.15, 0.2) is 0 Å². The van der Waals surface area contributed by atoms with E-state index < -0.39 is 0 Å². The Labute approximate surface area is 104 Å². The summed E-state index contributed by atoms with van der Waals surface area (Å²) in [5.41, 5.74) is 6.51. The van der Waals surface area contributed by atoms with E-state index in [0.717, 1.165) is 29.5 Å². The van der Waals surface area contributed by atoms with Crippen molar-refractivity contribution in [2.45, 2.75) is 50.2 Å². The average molecular weight is 239 g/mol. The van der Waals surface area contributed by atoms with Gasteiger partial charge in [-0.1, -0.05) is 0 Å². The molecule has 4 saturated carbocycles. The van der Waals surface area contributed by atoms with Crippen LogP contribution in [0.2, 0.25) is 0 Å². The van der Waals surface area contributed by atoms with Crippen molar-refractivity contribution in [3.8, 4) is 0 Å². The fraction of sp³-hybridized carbons (Fsp3) is 1.00. The molecule has 0 spiro atoms. The van der Waals surface area contributed by atoms with Crippen molar-refractivity contribution in [1.29, 1.82) is 0 Å². The van der Waals surface area contributed by atoms with Gasteiger partial charge in [-0.3, -0.25) is 0 Å². The molecule has 0 aromatic rings. The molecule has 2 heteroatoms. The van der Waals surface area contributed by atoms with Crippen LogP contribution in [-0.2, 0) is 0 Å². The SMILES string of the molecule is CSC(CCN)C12CC3CC(CC(C3)C1)C2. The maximum absolute atomic E-state index is 5.81. The van der Waals surface area contributed by atoms with Gasteiger partial charge in [-0.05, 0) is 80.9 Å². The van der Waals surface area contributed by atoms with Gasteiger partial charge in [-0.2, -0.15) is 11.8 Å². The van der Waals surface area contributed by atoms with Crippen molar-refractivity contribution in [2.75, 3.05) is 12.8 Å². The minimum absolute atomic E-state index is 0.702. The highest BCUT2D eigenvalue weighted by Gasteiger charge is 2.53. The van der Waals surface area contributed by atoms with E-state index in [1.165, 1.54) is 25.7 Å². The summed E-state index contributed by atoms with van der Waals surface area (Å²) in [5.74, 6) is 3.25. The zero-order chi connectivity index (χ0) is 11.2. The Kier molecular flexibility index (Phi) is 3.00. The standard InChI is InChI=1S/C14H25NS/c1-16-13(2-3-15)14-7-10-4-11(8-14)6-12(5-10)9-14/h10-13H,2-9,15H2,1H3. The molecule has 4 rings (SSSR count). The van der Waals surface area contributed by atoms with Crippen molar-refractivity contribution in [3.05, 3.63) is 0 Å². The van der Waals surface area contributed by atoms with Gasteiger partial charge in [0, 0.05) is 5.25 Å². The first-order chi connectivity index (χ1) is 7.75. The molecule has 4 bridgehead atoms. The Hall–Kier alpha value is 0.310. The molecule has 0 aliphatic heterocycles. The minimum Gasteiger partial charge on any atom is -0.330 e. The topological polar surface area (TPSA) is 26.0 Å². The zero-order valence-electron chi connectivity index (χ0n) is 10.5. The van der Waals surface area contributed by atoms with Crippen molar-refractivity contribution >= 4 is 11.8 Å². The number of nitrogens with two attached hydrogens (primary N) is 1. The first kappa shape index (κ1) is 11.4. The molecule has 1 nitrogen and oxygen atoms in total. The number of hydrogen-bond donors (Lipinski definition) is 1. The lowest BCUT2D eigenvalue weighted by Crippen LogP contribution is -2.51. The quantitative estimate of drug-likeness (QED) is 0.815. The molecule has 4 fully saturated rings. The van der Waals surface area contributed by atoms with Crippen LogP contribution < -0.4 is 5.73 Å². The van der Waals surface area contributed by atoms with Crippen LogP contribution in [0, 0.1) is 23.2 Å². The van der Waals surface area contributed by atoms with E-state index in [1.807, 2.05) is 0 Å². The average Bonchev–Trinajstić information content (AvgIpc) is 2.23. The molecule has 1 unspecified atom stereocenters. The van der Waals surface area contributed by atoms with E-state index in [2.05, 4.69) is 18.0 Å². The third kappa shape index (κ3) is 1.73. The summed E-state index contributed by atoms with van der Waals surface area (Å²) in [5, 5.41) is 0.853. The van der Waals surface area contributed by atoms with Gasteiger partial charge >= 0.3 is 0 Å². The highest BCUT2D eigenvalue weighted by Crippen LogP contribution is 2.63. The second kappa shape index (κ2) is 4.20. The largest absolute Gasteiger partial charge is 0.330 e. The van der Waals surface area contributed by atoms with E-state index in [9.17, 15) is 0 Å². The lowest BCUT2D eigenvalue weighted by molar-refractivity contribution is -0.0539. The Morgan fingerprint density at radius 1 is 1.12 bits per heavy atom. The predicted octanol–water partition coefficient (Wildman–Crippen LogP) is 3.28. The molecule has 0 heterocycles. The highest BCUT2D eigenvalue weighted by molar-refractivity contribution is 7.99. The lowest BCUT2D eigenvalue weighted by Gasteiger charge is -2.59. The Morgan fingerprint density at radius 2 is 1.62 bits per heavy atom. The fourth-order valence-corrected chi connectivity index (χ4v) is 6.56. The van der Waals surface area contributed by atoms with Crippen LogP contribution in [0.25, 0.3) is 0 Å². The van der Waals surface area contributed by atoms with E-state index in [1.54, 1.807) is 19.3 Å². The van der Waals surface area contributed by atoms with Gasteiger partial charge in [-0.25, -0.2) is 0 Å². The summed E-state index contributed by atoms with van der Waals surface area (Å²) in [7, 11) is 0. The van der Waals surface area contributed by atoms with Gasteiger partial charge in [-0.15, -0.1) is 0 Å². The first-order valence-electron chi connectivity index (χ1n) is 6.98. The zero-order valence-corrected chi connectivity index (χ0v) is 11.3. The van der Waals surface area contributed by atoms with Crippen LogP contribution in [0.1, 0.15) is 44.9 Å². The smallest absolute Gasteiger partial charge is 0.0113 e. The molecule has 2 N–H and O–H groups in total. The van der Waals surface area contributed by atoms with Crippen LogP contribution in [0.4, 0.5) is 0 Å². The summed E-state index contributed by atoms with van der Waals surface area (Å²) in [6, 6.07) is 0. The summed E-state index contributed by atoms with van der Waals surface area (Å²) < 4.78 is 0. The Bertz CT molecular complexity index is 228. The van der Waals surface area contributed by atoms with Crippen LogP contribution in [0.3, 0.4) is 0 Å². The van der Waals surface area contributed by atoms with Crippen LogP contribution in [0.5, 0.6) is 0 Å². The fourth-order valence-electron chi connectivity index (χ4n) is 5.40. The molecule has 4 aliphatic carbocycles. The normalized spacial score (nSPS) is 47.2. The van der Waals surface area contributed by atoms with Gasteiger partial charge in [0.25, 0.3) is 0 Å². The molecule has 0 aromatic carbocycles. The Morgan fingerprint density at radius 3 is 2.00 bits per heavy atom. The van der Waals surface area contributed by atoms with Crippen LogP contribution >= 0.6 is 11.8 Å². The second-order valence-electron chi connectivity index (χ2n) is 6.58. The highest BCUT2D eigenvalue weighted by atomic mass is 32.2. The number of thioether (sulfide) groups is 1. The van der Waals surface area contributed by atoms with Gasteiger partial charge in [0.05, 0.1) is 0 Å². The van der Waals surface area contributed by atoms with Crippen LogP contribution in [-0.4, -0.2) is 18.1 Å². The van der Waals surface area contributed by atoms with Gasteiger partial charge in [0.2, 0.25) is 0 Å². The minimum atomic E-state index is 0.702. The second-order valence-corrected chi connectivity index (χ2v) is 7.62. The van der Waals surface area contributed by atoms with Gasteiger partial charge in [0.1, 0.15) is 0 Å². The first-order valence-corrected chi connectivity index (χ1v) is 8.27. The van der Waals surface area contributed by atoms with Crippen molar-refractivity contribution in [2.24, 2.45) is 28.9 Å². The van der Waals surface area contributed by atoms with E-state index >= 15 is 0 Å². The third-order valence-electron chi connectivity index (χ3n) is 5.48. The number of rotatable bonds is 4.